The average molecular weight is 253 g/mol. The van der Waals surface area contributed by atoms with Crippen LogP contribution in [0.4, 0.5) is 0 Å². The summed E-state index contributed by atoms with van der Waals surface area (Å²) in [4.78, 5) is 0. The van der Waals surface area contributed by atoms with E-state index >= 15 is 0 Å². The molecule has 2 atom stereocenters. The lowest BCUT2D eigenvalue weighted by Crippen LogP contribution is -2.22. The van der Waals surface area contributed by atoms with Gasteiger partial charge in [-0.25, -0.2) is 0 Å². The van der Waals surface area contributed by atoms with Crippen molar-refractivity contribution in [3.05, 3.63) is 70.8 Å². The molecule has 0 spiro atoms. The third-order valence-electron chi connectivity index (χ3n) is 3.65. The van der Waals surface area contributed by atoms with E-state index in [-0.39, 0.29) is 0 Å². The van der Waals surface area contributed by atoms with E-state index in [9.17, 15) is 0 Å². The molecule has 0 heterocycles. The summed E-state index contributed by atoms with van der Waals surface area (Å²) in [7, 11) is 0. The molecular formula is C18H23N. The van der Waals surface area contributed by atoms with Gasteiger partial charge >= 0.3 is 0 Å². The lowest BCUT2D eigenvalue weighted by atomic mass is 10.0. The molecule has 0 aliphatic heterocycles. The van der Waals surface area contributed by atoms with Crippen LogP contribution in [-0.4, -0.2) is 0 Å². The zero-order chi connectivity index (χ0) is 13.8. The Balaban J connectivity index is 2.03. The Morgan fingerprint density at radius 1 is 0.632 bits per heavy atom. The fourth-order valence-corrected chi connectivity index (χ4v) is 2.28. The average Bonchev–Trinajstić information content (AvgIpc) is 2.40. The minimum absolute atomic E-state index is 0.358. The van der Waals surface area contributed by atoms with Crippen molar-refractivity contribution in [2.75, 3.05) is 0 Å². The SMILES string of the molecule is Cc1ccc(C(C)N[C@H](C)c2ccc(C)cc2)cc1. The van der Waals surface area contributed by atoms with Crippen molar-refractivity contribution in [3.8, 4) is 0 Å². The first-order valence-electron chi connectivity index (χ1n) is 6.95. The molecule has 1 nitrogen and oxygen atoms in total. The largest absolute Gasteiger partial charge is 0.304 e. The molecule has 0 radical (unpaired) electrons. The van der Waals surface area contributed by atoms with Crippen LogP contribution >= 0.6 is 0 Å². The van der Waals surface area contributed by atoms with Crippen molar-refractivity contribution in [3.63, 3.8) is 0 Å². The minimum Gasteiger partial charge on any atom is -0.304 e. The van der Waals surface area contributed by atoms with Crippen LogP contribution in [0.25, 0.3) is 0 Å². The van der Waals surface area contributed by atoms with Gasteiger partial charge < -0.3 is 5.32 Å². The molecule has 0 fully saturated rings. The molecule has 0 aromatic heterocycles. The molecule has 0 aliphatic carbocycles. The monoisotopic (exact) mass is 253 g/mol. The van der Waals surface area contributed by atoms with Gasteiger partial charge in [0.1, 0.15) is 0 Å². The smallest absolute Gasteiger partial charge is 0.0297 e. The normalized spacial score (nSPS) is 14.1. The molecule has 2 aromatic rings. The fraction of sp³-hybridized carbons (Fsp3) is 0.333. The molecule has 2 rings (SSSR count). The maximum absolute atomic E-state index is 3.65. The Hall–Kier alpha value is -1.60. The van der Waals surface area contributed by atoms with E-state index in [0.717, 1.165) is 0 Å². The molecule has 1 heteroatoms. The lowest BCUT2D eigenvalue weighted by Gasteiger charge is -2.21. The van der Waals surface area contributed by atoms with Crippen molar-refractivity contribution >= 4 is 0 Å². The number of aryl methyl sites for hydroxylation is 2. The highest BCUT2D eigenvalue weighted by Crippen LogP contribution is 2.20. The van der Waals surface area contributed by atoms with Crippen molar-refractivity contribution < 1.29 is 0 Å². The fourth-order valence-electron chi connectivity index (χ4n) is 2.28. The van der Waals surface area contributed by atoms with E-state index in [1.165, 1.54) is 22.3 Å². The second-order valence-electron chi connectivity index (χ2n) is 5.43. The van der Waals surface area contributed by atoms with Crippen LogP contribution in [0.5, 0.6) is 0 Å². The van der Waals surface area contributed by atoms with E-state index in [1.54, 1.807) is 0 Å². The Labute approximate surface area is 116 Å². The van der Waals surface area contributed by atoms with Crippen molar-refractivity contribution in [2.24, 2.45) is 0 Å². The standard InChI is InChI=1S/C18H23N/c1-13-5-9-17(10-6-13)15(3)19-16(4)18-11-7-14(2)8-12-18/h5-12,15-16,19H,1-4H3/t15-,16?/m1/s1. The molecule has 1 unspecified atom stereocenters. The summed E-state index contributed by atoms with van der Waals surface area (Å²) in [6, 6.07) is 18.2. The Morgan fingerprint density at radius 3 is 1.26 bits per heavy atom. The summed E-state index contributed by atoms with van der Waals surface area (Å²) >= 11 is 0. The van der Waals surface area contributed by atoms with Gasteiger partial charge in [-0.2, -0.15) is 0 Å². The molecule has 19 heavy (non-hydrogen) atoms. The maximum Gasteiger partial charge on any atom is 0.0297 e. The highest BCUT2D eigenvalue weighted by molar-refractivity contribution is 5.26. The summed E-state index contributed by atoms with van der Waals surface area (Å²) in [6.45, 7) is 8.68. The molecule has 0 amide bonds. The number of rotatable bonds is 4. The molecular weight excluding hydrogens is 230 g/mol. The lowest BCUT2D eigenvalue weighted by molar-refractivity contribution is 0.494. The van der Waals surface area contributed by atoms with Crippen LogP contribution in [0, 0.1) is 13.8 Å². The minimum atomic E-state index is 0.358. The van der Waals surface area contributed by atoms with Crippen LogP contribution < -0.4 is 5.32 Å². The van der Waals surface area contributed by atoms with E-state index in [4.69, 9.17) is 0 Å². The van der Waals surface area contributed by atoms with Gasteiger partial charge in [-0.05, 0) is 38.8 Å². The topological polar surface area (TPSA) is 12.0 Å². The highest BCUT2D eigenvalue weighted by atomic mass is 14.9. The van der Waals surface area contributed by atoms with E-state index in [0.29, 0.717) is 12.1 Å². The van der Waals surface area contributed by atoms with E-state index in [2.05, 4.69) is 81.5 Å². The van der Waals surface area contributed by atoms with Crippen molar-refractivity contribution in [1.29, 1.82) is 0 Å². The van der Waals surface area contributed by atoms with Gasteiger partial charge in [-0.1, -0.05) is 59.7 Å². The first kappa shape index (κ1) is 13.8. The van der Waals surface area contributed by atoms with Gasteiger partial charge in [0, 0.05) is 12.1 Å². The van der Waals surface area contributed by atoms with Gasteiger partial charge in [-0.15, -0.1) is 0 Å². The molecule has 2 aromatic carbocycles. The third kappa shape index (κ3) is 3.68. The summed E-state index contributed by atoms with van der Waals surface area (Å²) in [5.41, 5.74) is 5.29. The first-order chi connectivity index (χ1) is 9.06. The van der Waals surface area contributed by atoms with Crippen LogP contribution in [0.15, 0.2) is 48.5 Å². The number of nitrogens with one attached hydrogen (secondary N) is 1. The molecule has 0 bridgehead atoms. The molecule has 1 N–H and O–H groups in total. The van der Waals surface area contributed by atoms with Gasteiger partial charge in [0.25, 0.3) is 0 Å². The molecule has 0 saturated heterocycles. The van der Waals surface area contributed by atoms with Gasteiger partial charge in [0.2, 0.25) is 0 Å². The Kier molecular flexibility index (Phi) is 4.39. The highest BCUT2D eigenvalue weighted by Gasteiger charge is 2.10. The number of benzene rings is 2. The maximum atomic E-state index is 3.65. The summed E-state index contributed by atoms with van der Waals surface area (Å²) < 4.78 is 0. The van der Waals surface area contributed by atoms with Crippen LogP contribution in [-0.2, 0) is 0 Å². The summed E-state index contributed by atoms with van der Waals surface area (Å²) in [5, 5.41) is 3.65. The van der Waals surface area contributed by atoms with Gasteiger partial charge in [0.15, 0.2) is 0 Å². The summed E-state index contributed by atoms with van der Waals surface area (Å²) in [6.07, 6.45) is 0. The van der Waals surface area contributed by atoms with E-state index < -0.39 is 0 Å². The molecule has 100 valence electrons. The Morgan fingerprint density at radius 2 is 0.947 bits per heavy atom. The molecule has 0 aliphatic rings. The van der Waals surface area contributed by atoms with Crippen LogP contribution in [0.3, 0.4) is 0 Å². The predicted molar refractivity (Wildman–Crippen MR) is 82.3 cm³/mol. The van der Waals surface area contributed by atoms with Crippen LogP contribution in [0.1, 0.15) is 48.2 Å². The second kappa shape index (κ2) is 6.03. The summed E-state index contributed by atoms with van der Waals surface area (Å²) in [5.74, 6) is 0. The van der Waals surface area contributed by atoms with Crippen LogP contribution in [0.2, 0.25) is 0 Å². The second-order valence-corrected chi connectivity index (χ2v) is 5.43. The third-order valence-corrected chi connectivity index (χ3v) is 3.65. The predicted octanol–water partition coefficient (Wildman–Crippen LogP) is 4.72. The Bertz CT molecular complexity index is 461. The molecule has 0 saturated carbocycles. The quantitative estimate of drug-likeness (QED) is 0.831. The van der Waals surface area contributed by atoms with Crippen molar-refractivity contribution in [1.82, 2.24) is 5.32 Å². The first-order valence-corrected chi connectivity index (χ1v) is 6.95. The van der Waals surface area contributed by atoms with Gasteiger partial charge in [-0.3, -0.25) is 0 Å². The zero-order valence-corrected chi connectivity index (χ0v) is 12.3. The number of hydrogen-bond donors (Lipinski definition) is 1. The van der Waals surface area contributed by atoms with Crippen molar-refractivity contribution in [2.45, 2.75) is 39.8 Å². The van der Waals surface area contributed by atoms with E-state index in [1.807, 2.05) is 0 Å². The number of hydrogen-bond acceptors (Lipinski definition) is 1. The zero-order valence-electron chi connectivity index (χ0n) is 12.3. The van der Waals surface area contributed by atoms with Gasteiger partial charge in [0.05, 0.1) is 0 Å².